The van der Waals surface area contributed by atoms with Gasteiger partial charge in [0.05, 0.1) is 0 Å². The van der Waals surface area contributed by atoms with E-state index in [4.69, 9.17) is 16.0 Å². The molecular weight excluding hydrogens is 164 g/mol. The number of rotatable bonds is 3. The summed E-state index contributed by atoms with van der Waals surface area (Å²) in [5.41, 5.74) is 0. The zero-order chi connectivity index (χ0) is 7.68. The number of nitrogens with zero attached hydrogens (tertiary/aromatic N) is 2. The van der Waals surface area contributed by atoms with E-state index in [0.29, 0.717) is 5.89 Å². The minimum Gasteiger partial charge on any atom is -0.412 e. The monoisotopic (exact) mass is 172 g/mol. The molecule has 0 N–H and O–H groups in total. The summed E-state index contributed by atoms with van der Waals surface area (Å²) in [6.45, 7) is 0. The van der Waals surface area contributed by atoms with Gasteiger partial charge in [0.25, 0.3) is 0 Å². The van der Waals surface area contributed by atoms with Crippen LogP contribution in [-0.2, 0) is 6.42 Å². The van der Waals surface area contributed by atoms with Crippen molar-refractivity contribution < 1.29 is 4.42 Å². The van der Waals surface area contributed by atoms with Crippen molar-refractivity contribution in [1.82, 2.24) is 10.2 Å². The second-order valence-electron chi connectivity index (χ2n) is 2.93. The first kappa shape index (κ1) is 7.10. The summed E-state index contributed by atoms with van der Waals surface area (Å²) in [7, 11) is 0. The Balaban J connectivity index is 1.85. The Hall–Kier alpha value is -0.570. The summed E-state index contributed by atoms with van der Waals surface area (Å²) < 4.78 is 5.00. The van der Waals surface area contributed by atoms with Crippen molar-refractivity contribution >= 4 is 11.6 Å². The normalized spacial score (nSPS) is 17.2. The van der Waals surface area contributed by atoms with E-state index in [0.717, 1.165) is 12.3 Å². The fourth-order valence-corrected chi connectivity index (χ4v) is 1.20. The predicted octanol–water partition coefficient (Wildman–Crippen LogP) is 2.07. The number of hydrogen-bond acceptors (Lipinski definition) is 3. The van der Waals surface area contributed by atoms with Crippen LogP contribution in [0.25, 0.3) is 0 Å². The van der Waals surface area contributed by atoms with Crippen molar-refractivity contribution in [3.63, 3.8) is 0 Å². The third-order valence-corrected chi connectivity index (χ3v) is 2.06. The maximum Gasteiger partial charge on any atom is 0.312 e. The van der Waals surface area contributed by atoms with Crippen LogP contribution in [0.5, 0.6) is 0 Å². The summed E-state index contributed by atoms with van der Waals surface area (Å²) >= 11 is 5.45. The van der Waals surface area contributed by atoms with E-state index in [1.807, 2.05) is 0 Å². The lowest BCUT2D eigenvalue weighted by Gasteiger charge is -1.89. The molecule has 2 rings (SSSR count). The second-order valence-corrected chi connectivity index (χ2v) is 3.25. The van der Waals surface area contributed by atoms with Crippen LogP contribution in [0.2, 0.25) is 5.35 Å². The minimum atomic E-state index is 0.149. The zero-order valence-corrected chi connectivity index (χ0v) is 6.84. The van der Waals surface area contributed by atoms with Gasteiger partial charge in [0.2, 0.25) is 5.89 Å². The Morgan fingerprint density at radius 1 is 1.45 bits per heavy atom. The zero-order valence-electron chi connectivity index (χ0n) is 6.09. The molecule has 1 aromatic rings. The molecule has 0 aromatic carbocycles. The van der Waals surface area contributed by atoms with Gasteiger partial charge in [-0.05, 0) is 23.9 Å². The average Bonchev–Trinajstić information content (AvgIpc) is 2.72. The number of hydrogen-bond donors (Lipinski definition) is 0. The van der Waals surface area contributed by atoms with Crippen molar-refractivity contribution in [2.45, 2.75) is 25.7 Å². The molecule has 1 heterocycles. The van der Waals surface area contributed by atoms with Crippen molar-refractivity contribution in [3.8, 4) is 0 Å². The van der Waals surface area contributed by atoms with Crippen LogP contribution in [0.3, 0.4) is 0 Å². The quantitative estimate of drug-likeness (QED) is 0.701. The van der Waals surface area contributed by atoms with Crippen LogP contribution >= 0.6 is 11.6 Å². The molecule has 1 aliphatic rings. The standard InChI is InChI=1S/C7H9ClN2O/c8-7-10-9-6(11-7)4-3-5-1-2-5/h5H,1-4H2. The van der Waals surface area contributed by atoms with Gasteiger partial charge in [0.1, 0.15) is 0 Å². The molecular formula is C7H9ClN2O. The smallest absolute Gasteiger partial charge is 0.312 e. The SMILES string of the molecule is Clc1nnc(CCC2CC2)o1. The molecule has 0 saturated heterocycles. The minimum absolute atomic E-state index is 0.149. The van der Waals surface area contributed by atoms with Crippen molar-refractivity contribution in [1.29, 1.82) is 0 Å². The average molecular weight is 173 g/mol. The van der Waals surface area contributed by atoms with Crippen LogP contribution in [0, 0.1) is 5.92 Å². The van der Waals surface area contributed by atoms with Crippen LogP contribution in [0.15, 0.2) is 4.42 Å². The Labute approximate surface area is 69.8 Å². The highest BCUT2D eigenvalue weighted by molar-refractivity contribution is 6.27. The number of aryl methyl sites for hydroxylation is 1. The second kappa shape index (κ2) is 2.81. The molecule has 1 aromatic heterocycles. The molecule has 3 nitrogen and oxygen atoms in total. The van der Waals surface area contributed by atoms with E-state index < -0.39 is 0 Å². The van der Waals surface area contributed by atoms with Crippen LogP contribution < -0.4 is 0 Å². The molecule has 0 amide bonds. The van der Waals surface area contributed by atoms with E-state index in [9.17, 15) is 0 Å². The molecule has 60 valence electrons. The Morgan fingerprint density at radius 3 is 2.82 bits per heavy atom. The van der Waals surface area contributed by atoms with Gasteiger partial charge in [-0.3, -0.25) is 0 Å². The maximum absolute atomic E-state index is 5.45. The Bertz CT molecular complexity index is 244. The van der Waals surface area contributed by atoms with Crippen molar-refractivity contribution in [2.24, 2.45) is 5.92 Å². The first-order chi connectivity index (χ1) is 5.34. The molecule has 0 aliphatic heterocycles. The summed E-state index contributed by atoms with van der Waals surface area (Å²) in [5, 5.41) is 7.48. The van der Waals surface area contributed by atoms with Gasteiger partial charge >= 0.3 is 5.35 Å². The molecule has 0 atom stereocenters. The van der Waals surface area contributed by atoms with Crippen molar-refractivity contribution in [2.75, 3.05) is 0 Å². The van der Waals surface area contributed by atoms with Crippen molar-refractivity contribution in [3.05, 3.63) is 11.2 Å². The van der Waals surface area contributed by atoms with Gasteiger partial charge in [-0.2, -0.15) is 0 Å². The Morgan fingerprint density at radius 2 is 2.27 bits per heavy atom. The molecule has 1 aliphatic carbocycles. The highest BCUT2D eigenvalue weighted by atomic mass is 35.5. The highest BCUT2D eigenvalue weighted by Crippen LogP contribution is 2.33. The summed E-state index contributed by atoms with van der Waals surface area (Å²) in [4.78, 5) is 0. The van der Waals surface area contributed by atoms with Gasteiger partial charge in [0.15, 0.2) is 0 Å². The number of halogens is 1. The molecule has 0 spiro atoms. The Kier molecular flexibility index (Phi) is 1.82. The molecule has 0 bridgehead atoms. The van der Waals surface area contributed by atoms with E-state index in [-0.39, 0.29) is 5.35 Å². The first-order valence-corrected chi connectivity index (χ1v) is 4.20. The van der Waals surface area contributed by atoms with E-state index in [1.54, 1.807) is 0 Å². The molecule has 4 heteroatoms. The van der Waals surface area contributed by atoms with Crippen LogP contribution in [0.4, 0.5) is 0 Å². The fraction of sp³-hybridized carbons (Fsp3) is 0.714. The van der Waals surface area contributed by atoms with Crippen LogP contribution in [0.1, 0.15) is 25.2 Å². The lowest BCUT2D eigenvalue weighted by Crippen LogP contribution is -1.86. The van der Waals surface area contributed by atoms with E-state index in [2.05, 4.69) is 10.2 Å². The number of aromatic nitrogens is 2. The van der Waals surface area contributed by atoms with E-state index >= 15 is 0 Å². The lowest BCUT2D eigenvalue weighted by molar-refractivity contribution is 0.480. The molecule has 0 radical (unpaired) electrons. The topological polar surface area (TPSA) is 38.9 Å². The summed E-state index contributed by atoms with van der Waals surface area (Å²) in [6.07, 6.45) is 4.77. The highest BCUT2D eigenvalue weighted by Gasteiger charge is 2.21. The maximum atomic E-state index is 5.45. The van der Waals surface area contributed by atoms with Gasteiger partial charge in [-0.1, -0.05) is 17.9 Å². The largest absolute Gasteiger partial charge is 0.412 e. The van der Waals surface area contributed by atoms with Crippen LogP contribution in [-0.4, -0.2) is 10.2 Å². The predicted molar refractivity (Wildman–Crippen MR) is 40.4 cm³/mol. The molecule has 11 heavy (non-hydrogen) atoms. The lowest BCUT2D eigenvalue weighted by atomic mass is 10.2. The first-order valence-electron chi connectivity index (χ1n) is 3.82. The summed E-state index contributed by atoms with van der Waals surface area (Å²) in [5.74, 6) is 1.57. The van der Waals surface area contributed by atoms with Gasteiger partial charge in [-0.15, -0.1) is 5.10 Å². The van der Waals surface area contributed by atoms with Gasteiger partial charge in [0, 0.05) is 6.42 Å². The van der Waals surface area contributed by atoms with Gasteiger partial charge in [-0.25, -0.2) is 0 Å². The van der Waals surface area contributed by atoms with E-state index in [1.165, 1.54) is 19.3 Å². The third kappa shape index (κ3) is 1.93. The molecule has 0 unspecified atom stereocenters. The molecule has 1 saturated carbocycles. The van der Waals surface area contributed by atoms with Gasteiger partial charge < -0.3 is 4.42 Å². The molecule has 1 fully saturated rings. The third-order valence-electron chi connectivity index (χ3n) is 1.91. The fourth-order valence-electron chi connectivity index (χ4n) is 1.07. The summed E-state index contributed by atoms with van der Waals surface area (Å²) in [6, 6.07) is 0.